The summed E-state index contributed by atoms with van der Waals surface area (Å²) in [7, 11) is 0. The van der Waals surface area contributed by atoms with Gasteiger partial charge in [-0.25, -0.2) is 14.2 Å². The van der Waals surface area contributed by atoms with Crippen molar-refractivity contribution in [2.24, 2.45) is 0 Å². The van der Waals surface area contributed by atoms with Gasteiger partial charge in [0.2, 0.25) is 5.91 Å². The molecule has 1 aromatic heterocycles. The van der Waals surface area contributed by atoms with Crippen molar-refractivity contribution >= 4 is 40.3 Å². The SMILES string of the molecule is O=C(CSc1nc2ccccc2c(=O)n1C1CCCC1)NC(=O)Nc1ccccc1F. The number of rotatable bonds is 5. The van der Waals surface area contributed by atoms with Crippen molar-refractivity contribution < 1.29 is 14.0 Å². The van der Waals surface area contributed by atoms with E-state index < -0.39 is 17.8 Å². The molecule has 0 bridgehead atoms. The van der Waals surface area contributed by atoms with E-state index in [0.29, 0.717) is 16.1 Å². The van der Waals surface area contributed by atoms with E-state index in [1.54, 1.807) is 28.8 Å². The van der Waals surface area contributed by atoms with Crippen molar-refractivity contribution in [1.82, 2.24) is 14.9 Å². The maximum Gasteiger partial charge on any atom is 0.325 e. The molecule has 0 unspecified atom stereocenters. The van der Waals surface area contributed by atoms with Gasteiger partial charge < -0.3 is 5.32 Å². The number of amides is 3. The fraction of sp³-hybridized carbons (Fsp3) is 0.273. The molecule has 0 atom stereocenters. The van der Waals surface area contributed by atoms with E-state index in [9.17, 15) is 18.8 Å². The van der Waals surface area contributed by atoms with Crippen LogP contribution in [0.15, 0.2) is 58.5 Å². The summed E-state index contributed by atoms with van der Waals surface area (Å²) < 4.78 is 15.3. The summed E-state index contributed by atoms with van der Waals surface area (Å²) in [5.74, 6) is -1.28. The Hall–Kier alpha value is -3.20. The quantitative estimate of drug-likeness (QED) is 0.460. The normalized spacial score (nSPS) is 14.0. The van der Waals surface area contributed by atoms with Crippen molar-refractivity contribution in [3.63, 3.8) is 0 Å². The van der Waals surface area contributed by atoms with Gasteiger partial charge in [0, 0.05) is 6.04 Å². The Morgan fingerprint density at radius 2 is 1.81 bits per heavy atom. The van der Waals surface area contributed by atoms with Crippen LogP contribution >= 0.6 is 11.8 Å². The van der Waals surface area contributed by atoms with Gasteiger partial charge in [0.1, 0.15) is 5.82 Å². The number of carbonyl (C=O) groups excluding carboxylic acids is 2. The number of hydrogen-bond acceptors (Lipinski definition) is 5. The maximum absolute atomic E-state index is 13.6. The third-order valence-electron chi connectivity index (χ3n) is 5.17. The highest BCUT2D eigenvalue weighted by Crippen LogP contribution is 2.32. The van der Waals surface area contributed by atoms with Gasteiger partial charge in [0.15, 0.2) is 5.16 Å². The number of nitrogens with one attached hydrogen (secondary N) is 2. The number of aromatic nitrogens is 2. The van der Waals surface area contributed by atoms with Crippen molar-refractivity contribution in [3.8, 4) is 0 Å². The number of para-hydroxylation sites is 2. The predicted octanol–water partition coefficient (Wildman–Crippen LogP) is 4.09. The average Bonchev–Trinajstić information content (AvgIpc) is 3.28. The van der Waals surface area contributed by atoms with Crippen LogP contribution in [0.3, 0.4) is 0 Å². The smallest absolute Gasteiger partial charge is 0.305 e. The minimum Gasteiger partial charge on any atom is -0.305 e. The van der Waals surface area contributed by atoms with Gasteiger partial charge >= 0.3 is 6.03 Å². The Kier molecular flexibility index (Phi) is 6.31. The fourth-order valence-electron chi connectivity index (χ4n) is 3.72. The third kappa shape index (κ3) is 4.77. The predicted molar refractivity (Wildman–Crippen MR) is 118 cm³/mol. The Labute approximate surface area is 182 Å². The number of thioether (sulfide) groups is 1. The average molecular weight is 441 g/mol. The zero-order valence-corrected chi connectivity index (χ0v) is 17.5. The van der Waals surface area contributed by atoms with E-state index in [1.807, 2.05) is 6.07 Å². The van der Waals surface area contributed by atoms with Crippen LogP contribution in [0.1, 0.15) is 31.7 Å². The number of carbonyl (C=O) groups is 2. The monoisotopic (exact) mass is 440 g/mol. The number of halogens is 1. The van der Waals surface area contributed by atoms with Crippen LogP contribution in [-0.2, 0) is 4.79 Å². The van der Waals surface area contributed by atoms with Gasteiger partial charge in [-0.05, 0) is 37.1 Å². The van der Waals surface area contributed by atoms with Crippen LogP contribution in [0.2, 0.25) is 0 Å². The molecule has 0 spiro atoms. The van der Waals surface area contributed by atoms with E-state index in [0.717, 1.165) is 37.4 Å². The second-order valence-corrected chi connectivity index (χ2v) is 8.24. The molecule has 1 fully saturated rings. The molecular formula is C22H21FN4O3S. The van der Waals surface area contributed by atoms with Crippen LogP contribution in [0.25, 0.3) is 10.9 Å². The van der Waals surface area contributed by atoms with Crippen molar-refractivity contribution in [2.75, 3.05) is 11.1 Å². The topological polar surface area (TPSA) is 93.1 Å². The van der Waals surface area contributed by atoms with Crippen LogP contribution in [0, 0.1) is 5.82 Å². The van der Waals surface area contributed by atoms with Gasteiger partial charge in [0.25, 0.3) is 5.56 Å². The lowest BCUT2D eigenvalue weighted by Gasteiger charge is -2.18. The first-order valence-electron chi connectivity index (χ1n) is 10.0. The first-order chi connectivity index (χ1) is 15.0. The number of imide groups is 1. The number of hydrogen-bond donors (Lipinski definition) is 2. The summed E-state index contributed by atoms with van der Waals surface area (Å²) >= 11 is 1.11. The summed E-state index contributed by atoms with van der Waals surface area (Å²) in [6.07, 6.45) is 3.88. The minimum atomic E-state index is -0.824. The molecule has 3 amide bonds. The summed E-state index contributed by atoms with van der Waals surface area (Å²) in [5, 5.41) is 5.48. The molecule has 160 valence electrons. The molecule has 3 aromatic rings. The van der Waals surface area contributed by atoms with E-state index >= 15 is 0 Å². The standard InChI is InChI=1S/C22H21FN4O3S/c23-16-10-4-6-12-18(16)24-21(30)26-19(28)13-31-22-25-17-11-5-3-9-15(17)20(29)27(22)14-7-1-2-8-14/h3-6,9-12,14H,1-2,7-8,13H2,(H2,24,26,28,30). The lowest BCUT2D eigenvalue weighted by atomic mass is 10.2. The Morgan fingerprint density at radius 1 is 1.10 bits per heavy atom. The van der Waals surface area contributed by atoms with Crippen molar-refractivity contribution in [3.05, 3.63) is 64.7 Å². The van der Waals surface area contributed by atoms with Crippen LogP contribution < -0.4 is 16.2 Å². The lowest BCUT2D eigenvalue weighted by molar-refractivity contribution is -0.117. The molecule has 1 aliphatic rings. The van der Waals surface area contributed by atoms with Crippen LogP contribution in [-0.4, -0.2) is 27.2 Å². The van der Waals surface area contributed by atoms with E-state index in [1.165, 1.54) is 18.2 Å². The van der Waals surface area contributed by atoms with E-state index in [4.69, 9.17) is 0 Å². The Balaban J connectivity index is 1.48. The molecule has 0 aliphatic heterocycles. The molecule has 9 heteroatoms. The molecule has 1 aliphatic carbocycles. The first-order valence-corrected chi connectivity index (χ1v) is 11.0. The molecule has 1 heterocycles. The minimum absolute atomic E-state index is 0.0216. The van der Waals surface area contributed by atoms with Crippen LogP contribution in [0.5, 0.6) is 0 Å². The molecule has 1 saturated carbocycles. The summed E-state index contributed by atoms with van der Waals surface area (Å²) in [6, 6.07) is 12.0. The van der Waals surface area contributed by atoms with Gasteiger partial charge in [-0.3, -0.25) is 19.5 Å². The summed E-state index contributed by atoms with van der Waals surface area (Å²) in [5.41, 5.74) is 0.436. The number of anilines is 1. The molecule has 7 nitrogen and oxygen atoms in total. The fourth-order valence-corrected chi connectivity index (χ4v) is 4.59. The maximum atomic E-state index is 13.6. The molecular weight excluding hydrogens is 419 g/mol. The van der Waals surface area contributed by atoms with E-state index in [2.05, 4.69) is 15.6 Å². The molecule has 2 N–H and O–H groups in total. The number of fused-ring (bicyclic) bond motifs is 1. The molecule has 4 rings (SSSR count). The number of benzene rings is 2. The van der Waals surface area contributed by atoms with Crippen molar-refractivity contribution in [1.29, 1.82) is 0 Å². The highest BCUT2D eigenvalue weighted by atomic mass is 32.2. The molecule has 31 heavy (non-hydrogen) atoms. The highest BCUT2D eigenvalue weighted by molar-refractivity contribution is 7.99. The largest absolute Gasteiger partial charge is 0.325 e. The Bertz CT molecular complexity index is 1190. The molecule has 0 saturated heterocycles. The van der Waals surface area contributed by atoms with Crippen LogP contribution in [0.4, 0.5) is 14.9 Å². The zero-order chi connectivity index (χ0) is 21.8. The lowest BCUT2D eigenvalue weighted by Crippen LogP contribution is -2.36. The zero-order valence-electron chi connectivity index (χ0n) is 16.6. The second-order valence-electron chi connectivity index (χ2n) is 7.30. The van der Waals surface area contributed by atoms with Crippen molar-refractivity contribution in [2.45, 2.75) is 36.9 Å². The molecule has 2 aromatic carbocycles. The van der Waals surface area contributed by atoms with Gasteiger partial charge in [0.05, 0.1) is 22.3 Å². The number of nitrogens with zero attached hydrogens (tertiary/aromatic N) is 2. The van der Waals surface area contributed by atoms with Gasteiger partial charge in [-0.15, -0.1) is 0 Å². The Morgan fingerprint density at radius 3 is 2.58 bits per heavy atom. The van der Waals surface area contributed by atoms with Gasteiger partial charge in [-0.1, -0.05) is 48.9 Å². The van der Waals surface area contributed by atoms with E-state index in [-0.39, 0.29) is 23.0 Å². The first kappa shape index (κ1) is 21.0. The molecule has 0 radical (unpaired) electrons. The summed E-state index contributed by atoms with van der Waals surface area (Å²) in [4.78, 5) is 42.0. The summed E-state index contributed by atoms with van der Waals surface area (Å²) in [6.45, 7) is 0. The van der Waals surface area contributed by atoms with Gasteiger partial charge in [-0.2, -0.15) is 0 Å². The highest BCUT2D eigenvalue weighted by Gasteiger charge is 2.23. The second kappa shape index (κ2) is 9.30. The number of urea groups is 1. The third-order valence-corrected chi connectivity index (χ3v) is 6.13.